The lowest BCUT2D eigenvalue weighted by molar-refractivity contribution is -0.142. The summed E-state index contributed by atoms with van der Waals surface area (Å²) in [5.74, 6) is 1.46. The van der Waals surface area contributed by atoms with E-state index in [1.807, 2.05) is 0 Å². The molecule has 0 heterocycles. The molecule has 198 valence electrons. The molecule has 2 fully saturated rings. The van der Waals surface area contributed by atoms with Crippen LogP contribution in [0, 0.1) is 39.4 Å². The molecular formula is C30H48O5. The first-order valence-electron chi connectivity index (χ1n) is 13.9. The Balaban J connectivity index is 1.64. The zero-order valence-corrected chi connectivity index (χ0v) is 23.0. The van der Waals surface area contributed by atoms with Gasteiger partial charge in [0.25, 0.3) is 0 Å². The van der Waals surface area contributed by atoms with E-state index in [0.717, 1.165) is 44.1 Å². The van der Waals surface area contributed by atoms with Crippen LogP contribution in [0.15, 0.2) is 11.1 Å². The molecule has 0 spiro atoms. The molecule has 5 heteroatoms. The Hall–Kier alpha value is -1.04. The molecule has 0 amide bonds. The standard InChI is InChI=1S/C30H48O5/c1-18(8-9-24(34)30(7,35)17-31)19-10-15-29(6)25-20(11-14-28(19,29)5)27(4)13-12-23(33)26(2,3)22(27)16-21(25)32/h18-19,22,24,31,34-35H,8-17H2,1-7H3. The molecule has 8 atom stereocenters. The van der Waals surface area contributed by atoms with E-state index in [2.05, 4.69) is 41.5 Å². The third-order valence-corrected chi connectivity index (χ3v) is 12.0. The van der Waals surface area contributed by atoms with Crippen molar-refractivity contribution < 1.29 is 24.9 Å². The third kappa shape index (κ3) is 3.74. The molecule has 35 heavy (non-hydrogen) atoms. The van der Waals surface area contributed by atoms with Crippen LogP contribution >= 0.6 is 0 Å². The van der Waals surface area contributed by atoms with Crippen LogP contribution in [0.3, 0.4) is 0 Å². The fourth-order valence-corrected chi connectivity index (χ4v) is 9.16. The second kappa shape index (κ2) is 8.49. The van der Waals surface area contributed by atoms with E-state index in [1.54, 1.807) is 0 Å². The molecule has 4 rings (SSSR count). The SMILES string of the molecule is CC(CCC(O)C(C)(O)CO)C1CCC2(C)C3=C(CCC12C)C1(C)CCC(=O)C(C)(C)C1CC3=O. The number of fused-ring (bicyclic) bond motifs is 4. The van der Waals surface area contributed by atoms with Gasteiger partial charge in [0, 0.05) is 29.2 Å². The zero-order valence-electron chi connectivity index (χ0n) is 23.0. The van der Waals surface area contributed by atoms with Gasteiger partial charge < -0.3 is 15.3 Å². The Kier molecular flexibility index (Phi) is 6.55. The van der Waals surface area contributed by atoms with Crippen LogP contribution in [0.5, 0.6) is 0 Å². The molecule has 0 aliphatic heterocycles. The van der Waals surface area contributed by atoms with Crippen LogP contribution < -0.4 is 0 Å². The predicted molar refractivity (Wildman–Crippen MR) is 137 cm³/mol. The second-order valence-electron chi connectivity index (χ2n) is 14.1. The number of carbonyl (C=O) groups excluding carboxylic acids is 2. The highest BCUT2D eigenvalue weighted by Gasteiger charge is 2.65. The smallest absolute Gasteiger partial charge is 0.159 e. The van der Waals surface area contributed by atoms with Crippen molar-refractivity contribution in [3.63, 3.8) is 0 Å². The first kappa shape index (κ1) is 27.0. The molecule has 4 aliphatic carbocycles. The third-order valence-electron chi connectivity index (χ3n) is 12.0. The normalized spacial score (nSPS) is 42.1. The van der Waals surface area contributed by atoms with E-state index in [-0.39, 0.29) is 27.9 Å². The van der Waals surface area contributed by atoms with Gasteiger partial charge in [0.2, 0.25) is 0 Å². The maximum atomic E-state index is 13.9. The van der Waals surface area contributed by atoms with Gasteiger partial charge >= 0.3 is 0 Å². The minimum absolute atomic E-state index is 0.00849. The predicted octanol–water partition coefficient (Wildman–Crippen LogP) is 5.00. The Bertz CT molecular complexity index is 931. The Morgan fingerprint density at radius 1 is 1.03 bits per heavy atom. The number of Topliss-reactive ketones (excluding diaryl/α,β-unsaturated/α-hetero) is 2. The number of aliphatic hydroxyl groups excluding tert-OH is 2. The minimum Gasteiger partial charge on any atom is -0.393 e. The summed E-state index contributed by atoms with van der Waals surface area (Å²) < 4.78 is 0. The summed E-state index contributed by atoms with van der Waals surface area (Å²) in [7, 11) is 0. The maximum absolute atomic E-state index is 13.9. The van der Waals surface area contributed by atoms with Gasteiger partial charge in [0.1, 0.15) is 11.4 Å². The van der Waals surface area contributed by atoms with Crippen LogP contribution in [0.4, 0.5) is 0 Å². The molecule has 4 aliphatic rings. The number of rotatable bonds is 6. The molecule has 0 bridgehead atoms. The summed E-state index contributed by atoms with van der Waals surface area (Å²) in [6, 6.07) is 0. The fraction of sp³-hybridized carbons (Fsp3) is 0.867. The van der Waals surface area contributed by atoms with Gasteiger partial charge in [-0.15, -0.1) is 0 Å². The van der Waals surface area contributed by atoms with E-state index < -0.39 is 23.7 Å². The van der Waals surface area contributed by atoms with Gasteiger partial charge in [0.15, 0.2) is 5.78 Å². The quantitative estimate of drug-likeness (QED) is 0.489. The Labute approximate surface area is 211 Å². The summed E-state index contributed by atoms with van der Waals surface area (Å²) in [6.45, 7) is 14.4. The van der Waals surface area contributed by atoms with Crippen molar-refractivity contribution in [2.75, 3.05) is 6.61 Å². The maximum Gasteiger partial charge on any atom is 0.159 e. The topological polar surface area (TPSA) is 94.8 Å². The molecule has 8 unspecified atom stereocenters. The van der Waals surface area contributed by atoms with Crippen molar-refractivity contribution in [3.8, 4) is 0 Å². The van der Waals surface area contributed by atoms with Crippen LogP contribution in [0.25, 0.3) is 0 Å². The van der Waals surface area contributed by atoms with E-state index in [1.165, 1.54) is 12.5 Å². The lowest BCUT2D eigenvalue weighted by atomic mass is 9.43. The lowest BCUT2D eigenvalue weighted by Gasteiger charge is -2.60. The molecule has 0 saturated heterocycles. The monoisotopic (exact) mass is 488 g/mol. The Morgan fingerprint density at radius 3 is 2.31 bits per heavy atom. The van der Waals surface area contributed by atoms with Crippen molar-refractivity contribution in [2.24, 2.45) is 39.4 Å². The summed E-state index contributed by atoms with van der Waals surface area (Å²) in [6.07, 6.45) is 6.30. The summed E-state index contributed by atoms with van der Waals surface area (Å²) in [5, 5.41) is 30.0. The number of hydrogen-bond acceptors (Lipinski definition) is 5. The highest BCUT2D eigenvalue weighted by atomic mass is 16.4. The molecule has 0 radical (unpaired) electrons. The highest BCUT2D eigenvalue weighted by molar-refractivity contribution is 6.00. The number of aliphatic hydroxyl groups is 3. The molecule has 0 aromatic rings. The molecule has 2 saturated carbocycles. The van der Waals surface area contributed by atoms with Gasteiger partial charge in [-0.3, -0.25) is 9.59 Å². The first-order chi connectivity index (χ1) is 16.1. The average Bonchev–Trinajstić information content (AvgIpc) is 3.07. The molecule has 0 aromatic carbocycles. The number of ketones is 2. The van der Waals surface area contributed by atoms with E-state index >= 15 is 0 Å². The zero-order chi connectivity index (χ0) is 26.2. The number of hydrogen-bond donors (Lipinski definition) is 3. The second-order valence-corrected chi connectivity index (χ2v) is 14.1. The van der Waals surface area contributed by atoms with Gasteiger partial charge in [-0.1, -0.05) is 47.1 Å². The van der Waals surface area contributed by atoms with Crippen LogP contribution in [-0.4, -0.2) is 45.2 Å². The van der Waals surface area contributed by atoms with Crippen molar-refractivity contribution in [2.45, 2.75) is 118 Å². The molecule has 5 nitrogen and oxygen atoms in total. The summed E-state index contributed by atoms with van der Waals surface area (Å²) >= 11 is 0. The van der Waals surface area contributed by atoms with Crippen molar-refractivity contribution >= 4 is 11.6 Å². The van der Waals surface area contributed by atoms with Crippen molar-refractivity contribution in [1.29, 1.82) is 0 Å². The lowest BCUT2D eigenvalue weighted by Crippen LogP contribution is -2.56. The number of carbonyl (C=O) groups is 2. The highest BCUT2D eigenvalue weighted by Crippen LogP contribution is 2.71. The van der Waals surface area contributed by atoms with Crippen molar-refractivity contribution in [1.82, 2.24) is 0 Å². The van der Waals surface area contributed by atoms with Gasteiger partial charge in [0.05, 0.1) is 12.7 Å². The first-order valence-corrected chi connectivity index (χ1v) is 13.9. The van der Waals surface area contributed by atoms with Gasteiger partial charge in [-0.2, -0.15) is 0 Å². The molecule has 3 N–H and O–H groups in total. The van der Waals surface area contributed by atoms with Gasteiger partial charge in [-0.05, 0) is 80.5 Å². The fourth-order valence-electron chi connectivity index (χ4n) is 9.16. The molecule has 0 aromatic heterocycles. The summed E-state index contributed by atoms with van der Waals surface area (Å²) in [4.78, 5) is 26.7. The van der Waals surface area contributed by atoms with E-state index in [9.17, 15) is 24.9 Å². The van der Waals surface area contributed by atoms with Gasteiger partial charge in [-0.25, -0.2) is 0 Å². The Morgan fingerprint density at radius 2 is 1.69 bits per heavy atom. The van der Waals surface area contributed by atoms with Crippen LogP contribution in [-0.2, 0) is 9.59 Å². The number of allylic oxidation sites excluding steroid dienone is 2. The largest absolute Gasteiger partial charge is 0.393 e. The van der Waals surface area contributed by atoms with Crippen molar-refractivity contribution in [3.05, 3.63) is 11.1 Å². The minimum atomic E-state index is -1.48. The average molecular weight is 489 g/mol. The van der Waals surface area contributed by atoms with E-state index in [0.29, 0.717) is 36.9 Å². The van der Waals surface area contributed by atoms with Crippen LogP contribution in [0.2, 0.25) is 0 Å². The summed E-state index contributed by atoms with van der Waals surface area (Å²) in [5.41, 5.74) is 0.310. The van der Waals surface area contributed by atoms with Crippen LogP contribution in [0.1, 0.15) is 106 Å². The molecular weight excluding hydrogens is 440 g/mol. The van der Waals surface area contributed by atoms with E-state index in [4.69, 9.17) is 0 Å².